The Morgan fingerprint density at radius 2 is 1.39 bits per heavy atom. The molecule has 4 nitrogen and oxygen atoms in total. The van der Waals surface area contributed by atoms with Gasteiger partial charge in [0.15, 0.2) is 5.78 Å². The Labute approximate surface area is 165 Å². The largest absolute Gasteiger partial charge is 0.322 e. The van der Waals surface area contributed by atoms with E-state index in [0.29, 0.717) is 22.4 Å². The van der Waals surface area contributed by atoms with Crippen molar-refractivity contribution >= 4 is 17.4 Å². The topological polar surface area (TPSA) is 49.4 Å². The van der Waals surface area contributed by atoms with Gasteiger partial charge in [0, 0.05) is 23.4 Å². The van der Waals surface area contributed by atoms with Crippen molar-refractivity contribution < 1.29 is 9.59 Å². The number of hydrogen-bond donors (Lipinski definition) is 1. The van der Waals surface area contributed by atoms with Crippen molar-refractivity contribution in [1.82, 2.24) is 4.90 Å². The molecule has 4 heteroatoms. The van der Waals surface area contributed by atoms with Gasteiger partial charge in [-0.3, -0.25) is 9.59 Å². The molecule has 3 rings (SSSR count). The molecule has 0 spiro atoms. The minimum absolute atomic E-state index is 0.162. The van der Waals surface area contributed by atoms with Crippen molar-refractivity contribution in [3.63, 3.8) is 0 Å². The summed E-state index contributed by atoms with van der Waals surface area (Å²) in [5.74, 6) is -0.452. The average molecular weight is 372 g/mol. The van der Waals surface area contributed by atoms with E-state index in [2.05, 4.69) is 10.2 Å². The van der Waals surface area contributed by atoms with E-state index >= 15 is 0 Å². The lowest BCUT2D eigenvalue weighted by atomic mass is 9.98. The Kier molecular flexibility index (Phi) is 6.35. The van der Waals surface area contributed by atoms with Gasteiger partial charge in [0.05, 0.1) is 5.56 Å². The van der Waals surface area contributed by atoms with Crippen LogP contribution >= 0.6 is 0 Å². The maximum absolute atomic E-state index is 12.8. The first kappa shape index (κ1) is 19.5. The summed E-state index contributed by atoms with van der Waals surface area (Å²) in [6, 6.07) is 23.7. The molecule has 0 heterocycles. The summed E-state index contributed by atoms with van der Waals surface area (Å²) in [4.78, 5) is 27.7. The molecule has 0 aliphatic rings. The third-order valence-electron chi connectivity index (χ3n) is 4.51. The number of amides is 1. The molecule has 3 aromatic carbocycles. The molecule has 0 bridgehead atoms. The van der Waals surface area contributed by atoms with Crippen LogP contribution in [0.4, 0.5) is 5.69 Å². The fourth-order valence-corrected chi connectivity index (χ4v) is 2.93. The number of hydrogen-bond acceptors (Lipinski definition) is 3. The highest BCUT2D eigenvalue weighted by molar-refractivity contribution is 6.17. The van der Waals surface area contributed by atoms with Crippen LogP contribution in [0.5, 0.6) is 0 Å². The number of rotatable bonds is 7. The Hall–Kier alpha value is -3.24. The van der Waals surface area contributed by atoms with E-state index in [4.69, 9.17) is 0 Å². The number of nitrogens with one attached hydrogen (secondary N) is 1. The van der Waals surface area contributed by atoms with Gasteiger partial charge < -0.3 is 10.2 Å². The van der Waals surface area contributed by atoms with Crippen molar-refractivity contribution in [3.05, 3.63) is 101 Å². The molecule has 0 saturated heterocycles. The Balaban J connectivity index is 1.76. The molecule has 0 radical (unpaired) electrons. The number of carbonyl (C=O) groups excluding carboxylic acids is 2. The van der Waals surface area contributed by atoms with Gasteiger partial charge in [0.1, 0.15) is 0 Å². The van der Waals surface area contributed by atoms with Crippen molar-refractivity contribution in [2.24, 2.45) is 0 Å². The molecule has 0 aromatic heterocycles. The van der Waals surface area contributed by atoms with E-state index in [1.54, 1.807) is 36.4 Å². The summed E-state index contributed by atoms with van der Waals surface area (Å²) in [7, 11) is 4.09. The van der Waals surface area contributed by atoms with Gasteiger partial charge in [-0.25, -0.2) is 0 Å². The summed E-state index contributed by atoms with van der Waals surface area (Å²) in [5, 5.41) is 2.90. The monoisotopic (exact) mass is 372 g/mol. The van der Waals surface area contributed by atoms with Crippen LogP contribution < -0.4 is 5.32 Å². The predicted octanol–water partition coefficient (Wildman–Crippen LogP) is 4.27. The van der Waals surface area contributed by atoms with Crippen molar-refractivity contribution in [2.45, 2.75) is 6.42 Å². The number of carbonyl (C=O) groups is 2. The van der Waals surface area contributed by atoms with Crippen molar-refractivity contribution in [1.29, 1.82) is 0 Å². The van der Waals surface area contributed by atoms with Gasteiger partial charge in [-0.15, -0.1) is 0 Å². The zero-order chi connectivity index (χ0) is 19.9. The number of anilines is 1. The van der Waals surface area contributed by atoms with Gasteiger partial charge in [-0.1, -0.05) is 60.7 Å². The first-order chi connectivity index (χ1) is 13.5. The highest BCUT2D eigenvalue weighted by Gasteiger charge is 2.18. The van der Waals surface area contributed by atoms with Crippen LogP contribution in [-0.2, 0) is 6.42 Å². The lowest BCUT2D eigenvalue weighted by molar-refractivity contribution is 0.0996. The third-order valence-corrected chi connectivity index (χ3v) is 4.51. The van der Waals surface area contributed by atoms with Crippen molar-refractivity contribution in [2.75, 3.05) is 26.0 Å². The quantitative estimate of drug-likeness (QED) is 0.630. The van der Waals surface area contributed by atoms with Crippen LogP contribution in [-0.4, -0.2) is 37.2 Å². The van der Waals surface area contributed by atoms with Crippen LogP contribution in [0.2, 0.25) is 0 Å². The molecule has 142 valence electrons. The minimum atomic E-state index is -0.291. The summed E-state index contributed by atoms with van der Waals surface area (Å²) in [6.07, 6.45) is 0.954. The number of ketones is 1. The summed E-state index contributed by atoms with van der Waals surface area (Å²) < 4.78 is 0. The smallest absolute Gasteiger partial charge is 0.256 e. The average Bonchev–Trinajstić information content (AvgIpc) is 2.73. The summed E-state index contributed by atoms with van der Waals surface area (Å²) in [5.41, 5.74) is 3.25. The molecular formula is C24H24N2O2. The fourth-order valence-electron chi connectivity index (χ4n) is 2.93. The molecule has 0 saturated carbocycles. The molecular weight excluding hydrogens is 348 g/mol. The van der Waals surface area contributed by atoms with Crippen LogP contribution in [0.15, 0.2) is 78.9 Å². The molecule has 0 fully saturated rings. The van der Waals surface area contributed by atoms with Crippen LogP contribution in [0.1, 0.15) is 31.8 Å². The van der Waals surface area contributed by atoms with Gasteiger partial charge in [0.2, 0.25) is 0 Å². The molecule has 0 aliphatic heterocycles. The lowest BCUT2D eigenvalue weighted by Crippen LogP contribution is -2.17. The van der Waals surface area contributed by atoms with E-state index in [-0.39, 0.29) is 11.7 Å². The SMILES string of the molecule is CN(C)CCc1ccc(NC(=O)c2ccccc2C(=O)c2ccccc2)cc1. The molecule has 3 aromatic rings. The molecule has 28 heavy (non-hydrogen) atoms. The van der Waals surface area contributed by atoms with E-state index in [1.807, 2.05) is 56.6 Å². The number of benzene rings is 3. The second kappa shape index (κ2) is 9.11. The fraction of sp³-hybridized carbons (Fsp3) is 0.167. The normalized spacial score (nSPS) is 10.7. The lowest BCUT2D eigenvalue weighted by Gasteiger charge is -2.11. The molecule has 0 aliphatic carbocycles. The van der Waals surface area contributed by atoms with Gasteiger partial charge >= 0.3 is 0 Å². The Morgan fingerprint density at radius 3 is 2.04 bits per heavy atom. The minimum Gasteiger partial charge on any atom is -0.322 e. The first-order valence-corrected chi connectivity index (χ1v) is 9.28. The Morgan fingerprint density at radius 1 is 0.786 bits per heavy atom. The zero-order valence-electron chi connectivity index (χ0n) is 16.2. The van der Waals surface area contributed by atoms with E-state index in [1.165, 1.54) is 5.56 Å². The molecule has 0 atom stereocenters. The van der Waals surface area contributed by atoms with E-state index in [9.17, 15) is 9.59 Å². The van der Waals surface area contributed by atoms with Crippen LogP contribution in [0, 0.1) is 0 Å². The molecule has 1 N–H and O–H groups in total. The van der Waals surface area contributed by atoms with Crippen molar-refractivity contribution in [3.8, 4) is 0 Å². The second-order valence-corrected chi connectivity index (χ2v) is 6.95. The first-order valence-electron chi connectivity index (χ1n) is 9.28. The summed E-state index contributed by atoms with van der Waals surface area (Å²) >= 11 is 0. The third kappa shape index (κ3) is 4.93. The maximum Gasteiger partial charge on any atom is 0.256 e. The highest BCUT2D eigenvalue weighted by Crippen LogP contribution is 2.17. The predicted molar refractivity (Wildman–Crippen MR) is 113 cm³/mol. The Bertz CT molecular complexity index is 948. The summed E-state index contributed by atoms with van der Waals surface area (Å²) in [6.45, 7) is 0.973. The van der Waals surface area contributed by atoms with Gasteiger partial charge in [-0.2, -0.15) is 0 Å². The zero-order valence-corrected chi connectivity index (χ0v) is 16.2. The maximum atomic E-state index is 12.8. The number of likely N-dealkylation sites (N-methyl/N-ethyl adjacent to an activating group) is 1. The molecule has 1 amide bonds. The standard InChI is InChI=1S/C24H24N2O2/c1-26(2)17-16-18-12-14-20(15-13-18)25-24(28)22-11-7-6-10-21(22)23(27)19-8-4-3-5-9-19/h3-15H,16-17H2,1-2H3,(H,25,28). The highest BCUT2D eigenvalue weighted by atomic mass is 16.2. The van der Waals surface area contributed by atoms with Gasteiger partial charge in [-0.05, 0) is 44.3 Å². The number of nitrogens with zero attached hydrogens (tertiary/aromatic N) is 1. The van der Waals surface area contributed by atoms with Crippen LogP contribution in [0.25, 0.3) is 0 Å². The molecule has 0 unspecified atom stereocenters. The van der Waals surface area contributed by atoms with Gasteiger partial charge in [0.25, 0.3) is 5.91 Å². The van der Waals surface area contributed by atoms with Crippen LogP contribution in [0.3, 0.4) is 0 Å². The van der Waals surface area contributed by atoms with E-state index in [0.717, 1.165) is 13.0 Å². The second-order valence-electron chi connectivity index (χ2n) is 6.95. The van der Waals surface area contributed by atoms with E-state index < -0.39 is 0 Å².